The fourth-order valence-electron chi connectivity index (χ4n) is 7.30. The minimum atomic E-state index is -0.528. The number of hydrogen-bond acceptors (Lipinski definition) is 7. The van der Waals surface area contributed by atoms with Gasteiger partial charge in [-0.3, -0.25) is 0 Å². The number of pyridine rings is 2. The molecule has 0 spiro atoms. The maximum Gasteiger partial charge on any atom is 0.341 e. The maximum absolute atomic E-state index is 12.9. The summed E-state index contributed by atoms with van der Waals surface area (Å²) in [5.74, 6) is -0.590. The van der Waals surface area contributed by atoms with Gasteiger partial charge in [0.2, 0.25) is 0 Å². The number of aromatic amines is 1. The van der Waals surface area contributed by atoms with E-state index in [9.17, 15) is 14.7 Å². The second-order valence-electron chi connectivity index (χ2n) is 15.7. The number of carbonyl (C=O) groups excluding carboxylic acids is 2. The standard InChI is InChI=1S/C22H24N2O2.C13H16N2O2.C9H10O/c1-14-19(21(25)26-22(2,3)4)17-10-7-13-23-20(17)24(14)18-12-11-15-8-5-6-9-16(15)18;1-8-10(12(16)17-13(2,3)4)9-6-5-7-14-11(9)15-8;10-9-6-5-7-3-1-2-4-8(7)9/h5-10,13,18H,11-12H2,1-4H3;5-7H,1-4H3,(H,14,15);1-4,9-10H,5-6H2. The number of H-pyrrole nitrogens is 1. The van der Waals surface area contributed by atoms with Crippen LogP contribution in [0.3, 0.4) is 0 Å². The number of rotatable bonds is 3. The molecule has 4 heterocycles. The van der Waals surface area contributed by atoms with Gasteiger partial charge in [0.05, 0.1) is 23.3 Å². The van der Waals surface area contributed by atoms with Gasteiger partial charge in [0.25, 0.3) is 0 Å². The van der Waals surface area contributed by atoms with Crippen LogP contribution in [0.2, 0.25) is 0 Å². The molecule has 2 aliphatic carbocycles. The molecule has 0 fully saturated rings. The molecule has 276 valence electrons. The Morgan fingerprint density at radius 1 is 0.717 bits per heavy atom. The first-order valence-corrected chi connectivity index (χ1v) is 18.3. The molecular formula is C44H50N4O5. The number of ether oxygens (including phenoxy) is 2. The first-order valence-electron chi connectivity index (χ1n) is 18.3. The fraction of sp³-hybridized carbons (Fsp3) is 0.364. The first-order chi connectivity index (χ1) is 25.1. The lowest BCUT2D eigenvalue weighted by Gasteiger charge is -2.20. The summed E-state index contributed by atoms with van der Waals surface area (Å²) in [7, 11) is 0. The Labute approximate surface area is 311 Å². The predicted molar refractivity (Wildman–Crippen MR) is 208 cm³/mol. The number of aliphatic hydroxyl groups excluding tert-OH is 1. The molecule has 2 N–H and O–H groups in total. The normalized spacial score (nSPS) is 16.2. The quantitative estimate of drug-likeness (QED) is 0.175. The third-order valence-corrected chi connectivity index (χ3v) is 9.49. The van der Waals surface area contributed by atoms with E-state index in [1.165, 1.54) is 16.7 Å². The van der Waals surface area contributed by atoms with E-state index in [1.54, 1.807) is 12.4 Å². The topological polar surface area (TPSA) is 119 Å². The number of aryl methyl sites for hydroxylation is 3. The Balaban J connectivity index is 0.000000152. The van der Waals surface area contributed by atoms with Gasteiger partial charge in [-0.25, -0.2) is 19.6 Å². The molecule has 2 aliphatic rings. The van der Waals surface area contributed by atoms with Crippen LogP contribution < -0.4 is 0 Å². The van der Waals surface area contributed by atoms with Crippen molar-refractivity contribution >= 4 is 34.0 Å². The van der Waals surface area contributed by atoms with Crippen LogP contribution in [0.25, 0.3) is 22.1 Å². The van der Waals surface area contributed by atoms with Gasteiger partial charge >= 0.3 is 11.9 Å². The number of fused-ring (bicyclic) bond motifs is 4. The van der Waals surface area contributed by atoms with Crippen molar-refractivity contribution in [3.8, 4) is 0 Å². The third-order valence-electron chi connectivity index (χ3n) is 9.49. The van der Waals surface area contributed by atoms with Gasteiger partial charge in [-0.15, -0.1) is 0 Å². The smallest absolute Gasteiger partial charge is 0.341 e. The van der Waals surface area contributed by atoms with Crippen LogP contribution in [-0.4, -0.2) is 47.8 Å². The summed E-state index contributed by atoms with van der Waals surface area (Å²) in [6.07, 6.45) is 7.30. The summed E-state index contributed by atoms with van der Waals surface area (Å²) in [6.45, 7) is 15.1. The van der Waals surface area contributed by atoms with Crippen LogP contribution in [0.1, 0.15) is 121 Å². The molecule has 0 aliphatic heterocycles. The number of aliphatic hydroxyl groups is 1. The SMILES string of the molecule is Cc1[nH]c2ncccc2c1C(=O)OC(C)(C)C.Cc1c(C(=O)OC(C)(C)C)c2cccnc2n1C1CCc2ccccc21.OC1CCc2ccccc21. The molecule has 0 radical (unpaired) electrons. The molecular weight excluding hydrogens is 665 g/mol. The number of carbonyl (C=O) groups is 2. The minimum Gasteiger partial charge on any atom is -0.456 e. The van der Waals surface area contributed by atoms with Crippen LogP contribution in [-0.2, 0) is 22.3 Å². The predicted octanol–water partition coefficient (Wildman–Crippen LogP) is 9.33. The van der Waals surface area contributed by atoms with Crippen molar-refractivity contribution in [3.63, 3.8) is 0 Å². The molecule has 4 aromatic heterocycles. The van der Waals surface area contributed by atoms with Gasteiger partial charge in [0.1, 0.15) is 22.5 Å². The van der Waals surface area contributed by atoms with Gasteiger partial charge in [-0.05, 0) is 128 Å². The molecule has 0 saturated carbocycles. The molecule has 6 aromatic rings. The highest BCUT2D eigenvalue weighted by molar-refractivity contribution is 6.05. The lowest BCUT2D eigenvalue weighted by molar-refractivity contribution is 0.00581. The molecule has 2 aromatic carbocycles. The molecule has 2 unspecified atom stereocenters. The van der Waals surface area contributed by atoms with Gasteiger partial charge in [0, 0.05) is 34.6 Å². The zero-order chi connectivity index (χ0) is 38.1. The van der Waals surface area contributed by atoms with E-state index in [-0.39, 0.29) is 24.1 Å². The summed E-state index contributed by atoms with van der Waals surface area (Å²) < 4.78 is 13.3. The molecule has 0 bridgehead atoms. The average molecular weight is 715 g/mol. The fourth-order valence-corrected chi connectivity index (χ4v) is 7.30. The molecule has 53 heavy (non-hydrogen) atoms. The molecule has 0 amide bonds. The van der Waals surface area contributed by atoms with Crippen LogP contribution in [0.5, 0.6) is 0 Å². The average Bonchev–Trinajstić information content (AvgIpc) is 3.85. The van der Waals surface area contributed by atoms with E-state index in [0.29, 0.717) is 16.8 Å². The second-order valence-corrected chi connectivity index (χ2v) is 15.7. The molecule has 9 nitrogen and oxygen atoms in total. The lowest BCUT2D eigenvalue weighted by Crippen LogP contribution is -2.24. The summed E-state index contributed by atoms with van der Waals surface area (Å²) in [6, 6.07) is 24.4. The van der Waals surface area contributed by atoms with Crippen molar-refractivity contribution in [1.29, 1.82) is 0 Å². The summed E-state index contributed by atoms with van der Waals surface area (Å²) in [5.41, 5.74) is 8.62. The highest BCUT2D eigenvalue weighted by Crippen LogP contribution is 2.39. The van der Waals surface area contributed by atoms with Gasteiger partial charge < -0.3 is 24.1 Å². The Bertz CT molecular complexity index is 2270. The van der Waals surface area contributed by atoms with Crippen LogP contribution in [0.15, 0.2) is 85.2 Å². The van der Waals surface area contributed by atoms with Crippen LogP contribution in [0.4, 0.5) is 0 Å². The Morgan fingerprint density at radius 2 is 1.26 bits per heavy atom. The monoisotopic (exact) mass is 714 g/mol. The molecule has 2 atom stereocenters. The number of esters is 2. The molecule has 0 saturated heterocycles. The lowest BCUT2D eigenvalue weighted by atomic mass is 10.1. The summed E-state index contributed by atoms with van der Waals surface area (Å²) in [5, 5.41) is 11.1. The van der Waals surface area contributed by atoms with Gasteiger partial charge in [0.15, 0.2) is 0 Å². The van der Waals surface area contributed by atoms with Crippen LogP contribution >= 0.6 is 0 Å². The van der Waals surface area contributed by atoms with Crippen molar-refractivity contribution in [2.24, 2.45) is 0 Å². The number of hydrogen-bond donors (Lipinski definition) is 2. The van der Waals surface area contributed by atoms with E-state index in [1.807, 2.05) is 97.9 Å². The third kappa shape index (κ3) is 8.20. The maximum atomic E-state index is 12.9. The van der Waals surface area contributed by atoms with E-state index >= 15 is 0 Å². The number of nitrogens with one attached hydrogen (secondary N) is 1. The van der Waals surface area contributed by atoms with Gasteiger partial charge in [-0.1, -0.05) is 48.5 Å². The number of aromatic nitrogens is 4. The zero-order valence-electron chi connectivity index (χ0n) is 32.0. The van der Waals surface area contributed by atoms with Crippen molar-refractivity contribution < 1.29 is 24.2 Å². The zero-order valence-corrected chi connectivity index (χ0v) is 32.0. The van der Waals surface area contributed by atoms with Crippen molar-refractivity contribution in [2.45, 2.75) is 104 Å². The minimum absolute atomic E-state index is 0.198. The Hall–Kier alpha value is -5.28. The first kappa shape index (κ1) is 37.5. The Kier molecular flexibility index (Phi) is 10.6. The van der Waals surface area contributed by atoms with Crippen molar-refractivity contribution in [2.75, 3.05) is 0 Å². The van der Waals surface area contributed by atoms with E-state index in [4.69, 9.17) is 9.47 Å². The van der Waals surface area contributed by atoms with Crippen LogP contribution in [0, 0.1) is 13.8 Å². The summed E-state index contributed by atoms with van der Waals surface area (Å²) >= 11 is 0. The second kappa shape index (κ2) is 15.0. The van der Waals surface area contributed by atoms with E-state index < -0.39 is 11.2 Å². The van der Waals surface area contributed by atoms with Gasteiger partial charge in [-0.2, -0.15) is 0 Å². The van der Waals surface area contributed by atoms with E-state index in [2.05, 4.69) is 49.9 Å². The largest absolute Gasteiger partial charge is 0.456 e. The molecule has 9 heteroatoms. The highest BCUT2D eigenvalue weighted by atomic mass is 16.6. The number of nitrogens with zero attached hydrogens (tertiary/aromatic N) is 3. The van der Waals surface area contributed by atoms with Crippen molar-refractivity contribution in [3.05, 3.63) is 130 Å². The van der Waals surface area contributed by atoms with Crippen molar-refractivity contribution in [1.82, 2.24) is 19.5 Å². The Morgan fingerprint density at radius 3 is 1.91 bits per heavy atom. The molecule has 8 rings (SSSR count). The van der Waals surface area contributed by atoms with E-state index in [0.717, 1.165) is 59.1 Å². The summed E-state index contributed by atoms with van der Waals surface area (Å²) in [4.78, 5) is 36.9. The number of benzene rings is 2. The highest BCUT2D eigenvalue weighted by Gasteiger charge is 2.31.